The fraction of sp³-hybridized carbons (Fsp3) is 0.500. The van der Waals surface area contributed by atoms with E-state index in [0.29, 0.717) is 29.7 Å². The van der Waals surface area contributed by atoms with E-state index in [1.54, 1.807) is 18.2 Å². The predicted octanol–water partition coefficient (Wildman–Crippen LogP) is 1.40. The molecule has 0 radical (unpaired) electrons. The lowest BCUT2D eigenvalue weighted by Gasteiger charge is -2.18. The number of benzene rings is 1. The number of carbonyl (C=O) groups is 1. The van der Waals surface area contributed by atoms with Crippen molar-refractivity contribution < 1.29 is 23.7 Å². The van der Waals surface area contributed by atoms with Crippen molar-refractivity contribution in [1.82, 2.24) is 0 Å². The van der Waals surface area contributed by atoms with Gasteiger partial charge in [-0.05, 0) is 18.2 Å². The first kappa shape index (κ1) is 14.4. The molecule has 0 aliphatic carbocycles. The first-order valence-corrected chi connectivity index (χ1v) is 7.04. The number of rotatable bonds is 3. The third kappa shape index (κ3) is 2.92. The first-order valence-electron chi connectivity index (χ1n) is 6.66. The lowest BCUT2D eigenvalue weighted by molar-refractivity contribution is -0.150. The third-order valence-corrected chi connectivity index (χ3v) is 3.81. The van der Waals surface area contributed by atoms with E-state index in [1.807, 2.05) is 0 Å². The molecule has 6 nitrogen and oxygen atoms in total. The summed E-state index contributed by atoms with van der Waals surface area (Å²) in [4.78, 5) is 11.0. The van der Waals surface area contributed by atoms with Gasteiger partial charge in [-0.2, -0.15) is 0 Å². The fourth-order valence-electron chi connectivity index (χ4n) is 2.62. The molecule has 0 saturated carbocycles. The zero-order valence-electron chi connectivity index (χ0n) is 11.5. The maximum Gasteiger partial charge on any atom is 0.303 e. The molecule has 21 heavy (non-hydrogen) atoms. The Balaban J connectivity index is 1.67. The summed E-state index contributed by atoms with van der Waals surface area (Å²) in [5.41, 5.74) is 6.22. The van der Waals surface area contributed by atoms with Crippen LogP contribution in [0.4, 0.5) is 5.69 Å². The number of fused-ring (bicyclic) bond motifs is 1. The van der Waals surface area contributed by atoms with Gasteiger partial charge in [-0.3, -0.25) is 4.79 Å². The SMILES string of the molecule is CC(=O)O[C@H]1CO[C@H]2[C@@H]1OC[C@@H]2Oc1ccc(N)cc1Cl. The molecule has 3 rings (SSSR count). The number of esters is 1. The molecule has 2 aliphatic rings. The quantitative estimate of drug-likeness (QED) is 0.671. The van der Waals surface area contributed by atoms with E-state index in [1.165, 1.54) is 6.92 Å². The van der Waals surface area contributed by atoms with E-state index in [2.05, 4.69) is 0 Å². The van der Waals surface area contributed by atoms with E-state index < -0.39 is 0 Å². The Labute approximate surface area is 127 Å². The van der Waals surface area contributed by atoms with Gasteiger partial charge in [-0.15, -0.1) is 0 Å². The summed E-state index contributed by atoms with van der Waals surface area (Å²) in [6.07, 6.45) is -1.26. The molecule has 0 unspecified atom stereocenters. The second-order valence-corrected chi connectivity index (χ2v) is 5.50. The summed E-state index contributed by atoms with van der Waals surface area (Å²) in [6.45, 7) is 2.03. The van der Waals surface area contributed by atoms with Crippen LogP contribution in [0.25, 0.3) is 0 Å². The number of nitrogens with two attached hydrogens (primary N) is 1. The highest BCUT2D eigenvalue weighted by Crippen LogP contribution is 2.34. The van der Waals surface area contributed by atoms with E-state index in [-0.39, 0.29) is 30.4 Å². The normalized spacial score (nSPS) is 31.0. The van der Waals surface area contributed by atoms with Crippen LogP contribution in [0.3, 0.4) is 0 Å². The van der Waals surface area contributed by atoms with Crippen molar-refractivity contribution in [2.45, 2.75) is 31.3 Å². The molecular formula is C14H16ClNO5. The average molecular weight is 314 g/mol. The second-order valence-electron chi connectivity index (χ2n) is 5.09. The van der Waals surface area contributed by atoms with Crippen LogP contribution < -0.4 is 10.5 Å². The number of anilines is 1. The highest BCUT2D eigenvalue weighted by atomic mass is 35.5. The third-order valence-electron chi connectivity index (χ3n) is 3.51. The minimum Gasteiger partial charge on any atom is -0.484 e. The standard InChI is InChI=1S/C14H16ClNO5/c1-7(17)20-11-5-18-14-12(6-19-13(11)14)21-10-3-2-8(16)4-9(10)15/h2-4,11-14H,5-6,16H2,1H3/t11-,12-,13+,14+/m0/s1. The zero-order valence-corrected chi connectivity index (χ0v) is 12.2. The number of nitrogen functional groups attached to an aromatic ring is 1. The molecule has 4 atom stereocenters. The molecule has 2 heterocycles. The lowest BCUT2D eigenvalue weighted by atomic mass is 10.1. The molecule has 114 valence electrons. The van der Waals surface area contributed by atoms with Gasteiger partial charge in [0.1, 0.15) is 18.0 Å². The molecule has 0 bridgehead atoms. The number of hydrogen-bond acceptors (Lipinski definition) is 6. The molecule has 2 saturated heterocycles. The summed E-state index contributed by atoms with van der Waals surface area (Å²) in [6, 6.07) is 5.05. The maximum atomic E-state index is 11.0. The van der Waals surface area contributed by atoms with E-state index in [9.17, 15) is 4.79 Å². The Morgan fingerprint density at radius 1 is 1.29 bits per heavy atom. The van der Waals surface area contributed by atoms with Crippen LogP contribution in [0.5, 0.6) is 5.75 Å². The Bertz CT molecular complexity index is 552. The molecule has 7 heteroatoms. The molecule has 0 amide bonds. The Hall–Kier alpha value is -1.50. The number of ether oxygens (including phenoxy) is 4. The van der Waals surface area contributed by atoms with Crippen LogP contribution in [0.1, 0.15) is 6.92 Å². The van der Waals surface area contributed by atoms with Crippen LogP contribution in [-0.2, 0) is 19.0 Å². The molecule has 1 aromatic carbocycles. The molecule has 2 aliphatic heterocycles. The number of halogens is 1. The van der Waals surface area contributed by atoms with Crippen molar-refractivity contribution in [3.63, 3.8) is 0 Å². The fourth-order valence-corrected chi connectivity index (χ4v) is 2.85. The van der Waals surface area contributed by atoms with Gasteiger partial charge in [0, 0.05) is 12.6 Å². The van der Waals surface area contributed by atoms with Gasteiger partial charge in [0.2, 0.25) is 0 Å². The molecule has 2 N–H and O–H groups in total. The van der Waals surface area contributed by atoms with Crippen molar-refractivity contribution in [2.75, 3.05) is 18.9 Å². The monoisotopic (exact) mass is 313 g/mol. The van der Waals surface area contributed by atoms with Crippen LogP contribution in [0.15, 0.2) is 18.2 Å². The van der Waals surface area contributed by atoms with Crippen molar-refractivity contribution in [3.8, 4) is 5.75 Å². The summed E-state index contributed by atoms with van der Waals surface area (Å²) < 4.78 is 22.3. The summed E-state index contributed by atoms with van der Waals surface area (Å²) in [7, 11) is 0. The van der Waals surface area contributed by atoms with E-state index in [0.717, 1.165) is 0 Å². The largest absolute Gasteiger partial charge is 0.484 e. The minimum absolute atomic E-state index is 0.275. The molecular weight excluding hydrogens is 298 g/mol. The Morgan fingerprint density at radius 3 is 2.62 bits per heavy atom. The predicted molar refractivity (Wildman–Crippen MR) is 75.3 cm³/mol. The molecule has 1 aromatic rings. The van der Waals surface area contributed by atoms with Crippen molar-refractivity contribution >= 4 is 23.3 Å². The van der Waals surface area contributed by atoms with Gasteiger partial charge in [0.15, 0.2) is 12.2 Å². The topological polar surface area (TPSA) is 80.0 Å². The second kappa shape index (κ2) is 5.71. The van der Waals surface area contributed by atoms with Crippen LogP contribution in [-0.4, -0.2) is 43.6 Å². The Kier molecular flexibility index (Phi) is 3.93. The molecule has 0 aromatic heterocycles. The summed E-state index contributed by atoms with van der Waals surface area (Å²) in [5, 5.41) is 0.438. The van der Waals surface area contributed by atoms with Gasteiger partial charge in [-0.1, -0.05) is 11.6 Å². The van der Waals surface area contributed by atoms with Crippen LogP contribution >= 0.6 is 11.6 Å². The van der Waals surface area contributed by atoms with Gasteiger partial charge < -0.3 is 24.7 Å². The van der Waals surface area contributed by atoms with Crippen molar-refractivity contribution in [1.29, 1.82) is 0 Å². The van der Waals surface area contributed by atoms with Crippen molar-refractivity contribution in [2.24, 2.45) is 0 Å². The first-order chi connectivity index (χ1) is 10.0. The smallest absolute Gasteiger partial charge is 0.303 e. The average Bonchev–Trinajstić information content (AvgIpc) is 2.97. The van der Waals surface area contributed by atoms with Gasteiger partial charge in [0.25, 0.3) is 0 Å². The van der Waals surface area contributed by atoms with Crippen LogP contribution in [0.2, 0.25) is 5.02 Å². The maximum absolute atomic E-state index is 11.0. The van der Waals surface area contributed by atoms with E-state index >= 15 is 0 Å². The zero-order chi connectivity index (χ0) is 15.0. The highest BCUT2D eigenvalue weighted by molar-refractivity contribution is 6.32. The summed E-state index contributed by atoms with van der Waals surface area (Å²) >= 11 is 6.09. The van der Waals surface area contributed by atoms with Crippen molar-refractivity contribution in [3.05, 3.63) is 23.2 Å². The van der Waals surface area contributed by atoms with E-state index in [4.69, 9.17) is 36.3 Å². The van der Waals surface area contributed by atoms with Gasteiger partial charge >= 0.3 is 5.97 Å². The molecule has 0 spiro atoms. The Morgan fingerprint density at radius 2 is 1.95 bits per heavy atom. The van der Waals surface area contributed by atoms with Gasteiger partial charge in [-0.25, -0.2) is 0 Å². The van der Waals surface area contributed by atoms with Gasteiger partial charge in [0.05, 0.1) is 18.2 Å². The van der Waals surface area contributed by atoms with Crippen LogP contribution in [0, 0.1) is 0 Å². The summed E-state index contributed by atoms with van der Waals surface area (Å²) in [5.74, 6) is 0.179. The minimum atomic E-state index is -0.386. The number of carbonyl (C=O) groups excluding carboxylic acids is 1. The lowest BCUT2D eigenvalue weighted by Crippen LogP contribution is -2.36. The number of hydrogen-bond donors (Lipinski definition) is 1. The highest BCUT2D eigenvalue weighted by Gasteiger charge is 2.50. The molecule has 2 fully saturated rings.